The maximum absolute atomic E-state index is 11.9. The van der Waals surface area contributed by atoms with Crippen LogP contribution in [0.2, 0.25) is 0 Å². The van der Waals surface area contributed by atoms with Gasteiger partial charge in [-0.15, -0.1) is 0 Å². The van der Waals surface area contributed by atoms with Crippen molar-refractivity contribution in [2.24, 2.45) is 11.8 Å². The van der Waals surface area contributed by atoms with E-state index in [1.807, 2.05) is 11.8 Å². The molecule has 0 unspecified atom stereocenters. The van der Waals surface area contributed by atoms with Gasteiger partial charge in [-0.1, -0.05) is 12.8 Å². The van der Waals surface area contributed by atoms with Gasteiger partial charge in [-0.3, -0.25) is 9.59 Å². The molecule has 1 saturated heterocycles. The molecule has 17 heavy (non-hydrogen) atoms. The maximum Gasteiger partial charge on any atom is 0.308 e. The minimum Gasteiger partial charge on any atom is -0.481 e. The van der Waals surface area contributed by atoms with E-state index in [2.05, 4.69) is 0 Å². The largest absolute Gasteiger partial charge is 0.481 e. The number of amides is 1. The molecule has 2 aliphatic rings. The Morgan fingerprint density at radius 1 is 1.35 bits per heavy atom. The number of carbonyl (C=O) groups excluding carboxylic acids is 1. The van der Waals surface area contributed by atoms with Gasteiger partial charge in [0, 0.05) is 19.0 Å². The van der Waals surface area contributed by atoms with Crippen LogP contribution in [-0.2, 0) is 9.59 Å². The SMILES string of the molecule is CCN1C(=O)CC[C@H](C(=O)O)[C@H]1C1CCCC1. The van der Waals surface area contributed by atoms with Crippen LogP contribution in [0.5, 0.6) is 0 Å². The van der Waals surface area contributed by atoms with Crippen molar-refractivity contribution in [1.82, 2.24) is 4.90 Å². The molecular formula is C13H21NO3. The number of likely N-dealkylation sites (tertiary alicyclic amines) is 1. The van der Waals surface area contributed by atoms with Crippen LogP contribution in [0.15, 0.2) is 0 Å². The average Bonchev–Trinajstić information content (AvgIpc) is 2.81. The molecule has 0 aromatic carbocycles. The Balaban J connectivity index is 2.22. The number of carbonyl (C=O) groups is 2. The fourth-order valence-electron chi connectivity index (χ4n) is 3.52. The molecule has 2 atom stereocenters. The molecule has 0 radical (unpaired) electrons. The van der Waals surface area contributed by atoms with E-state index in [1.54, 1.807) is 0 Å². The van der Waals surface area contributed by atoms with Gasteiger partial charge in [0.25, 0.3) is 0 Å². The first kappa shape index (κ1) is 12.4. The van der Waals surface area contributed by atoms with E-state index < -0.39 is 5.97 Å². The number of carboxylic acid groups (broad SMARTS) is 1. The summed E-state index contributed by atoms with van der Waals surface area (Å²) in [5.41, 5.74) is 0. The van der Waals surface area contributed by atoms with Crippen molar-refractivity contribution < 1.29 is 14.7 Å². The first-order valence-corrected chi connectivity index (χ1v) is 6.67. The van der Waals surface area contributed by atoms with Gasteiger partial charge in [-0.25, -0.2) is 0 Å². The summed E-state index contributed by atoms with van der Waals surface area (Å²) in [5, 5.41) is 9.33. The Morgan fingerprint density at radius 2 is 2.00 bits per heavy atom. The molecule has 1 heterocycles. The van der Waals surface area contributed by atoms with E-state index in [-0.39, 0.29) is 17.9 Å². The number of piperidine rings is 1. The average molecular weight is 239 g/mol. The van der Waals surface area contributed by atoms with Crippen LogP contribution >= 0.6 is 0 Å². The summed E-state index contributed by atoms with van der Waals surface area (Å²) < 4.78 is 0. The minimum atomic E-state index is -0.729. The Labute approximate surface area is 102 Å². The highest BCUT2D eigenvalue weighted by Crippen LogP contribution is 2.38. The maximum atomic E-state index is 11.9. The third-order valence-electron chi connectivity index (χ3n) is 4.30. The Bertz CT molecular complexity index is 308. The number of carboxylic acids is 1. The molecule has 0 spiro atoms. The van der Waals surface area contributed by atoms with E-state index in [4.69, 9.17) is 0 Å². The zero-order chi connectivity index (χ0) is 12.4. The molecular weight excluding hydrogens is 218 g/mol. The van der Waals surface area contributed by atoms with Gasteiger partial charge in [-0.05, 0) is 32.1 Å². The van der Waals surface area contributed by atoms with Crippen molar-refractivity contribution in [3.05, 3.63) is 0 Å². The normalized spacial score (nSPS) is 30.9. The number of hydrogen-bond acceptors (Lipinski definition) is 2. The van der Waals surface area contributed by atoms with Crippen molar-refractivity contribution >= 4 is 11.9 Å². The highest BCUT2D eigenvalue weighted by molar-refractivity contribution is 5.81. The van der Waals surface area contributed by atoms with Crippen molar-refractivity contribution in [2.45, 2.75) is 51.5 Å². The third-order valence-corrected chi connectivity index (χ3v) is 4.30. The van der Waals surface area contributed by atoms with Crippen LogP contribution in [0.3, 0.4) is 0 Å². The number of rotatable bonds is 3. The molecule has 2 fully saturated rings. The van der Waals surface area contributed by atoms with Gasteiger partial charge in [0.1, 0.15) is 0 Å². The van der Waals surface area contributed by atoms with Crippen LogP contribution < -0.4 is 0 Å². The summed E-state index contributed by atoms with van der Waals surface area (Å²) in [6.45, 7) is 2.59. The van der Waals surface area contributed by atoms with E-state index >= 15 is 0 Å². The van der Waals surface area contributed by atoms with Gasteiger partial charge in [-0.2, -0.15) is 0 Å². The number of nitrogens with zero attached hydrogens (tertiary/aromatic N) is 1. The third kappa shape index (κ3) is 2.31. The number of aliphatic carboxylic acids is 1. The zero-order valence-corrected chi connectivity index (χ0v) is 10.4. The number of hydrogen-bond donors (Lipinski definition) is 1. The Morgan fingerprint density at radius 3 is 2.53 bits per heavy atom. The summed E-state index contributed by atoms with van der Waals surface area (Å²) >= 11 is 0. The standard InChI is InChI=1S/C13H21NO3/c1-2-14-11(15)8-7-10(13(16)17)12(14)9-5-3-4-6-9/h9-10,12H,2-8H2,1H3,(H,16,17)/t10-,12+/m0/s1. The zero-order valence-electron chi connectivity index (χ0n) is 10.4. The topological polar surface area (TPSA) is 57.6 Å². The van der Waals surface area contributed by atoms with Crippen LogP contribution in [-0.4, -0.2) is 34.5 Å². The van der Waals surface area contributed by atoms with E-state index in [0.717, 1.165) is 12.8 Å². The molecule has 1 aliphatic heterocycles. The summed E-state index contributed by atoms with van der Waals surface area (Å²) in [7, 11) is 0. The second-order valence-corrected chi connectivity index (χ2v) is 5.20. The van der Waals surface area contributed by atoms with E-state index in [9.17, 15) is 14.7 Å². The summed E-state index contributed by atoms with van der Waals surface area (Å²) in [4.78, 5) is 25.1. The van der Waals surface area contributed by atoms with E-state index in [1.165, 1.54) is 12.8 Å². The van der Waals surface area contributed by atoms with Crippen LogP contribution in [0, 0.1) is 11.8 Å². The molecule has 4 nitrogen and oxygen atoms in total. The van der Waals surface area contributed by atoms with Crippen molar-refractivity contribution in [3.8, 4) is 0 Å². The highest BCUT2D eigenvalue weighted by atomic mass is 16.4. The first-order valence-electron chi connectivity index (χ1n) is 6.67. The van der Waals surface area contributed by atoms with Gasteiger partial charge < -0.3 is 10.0 Å². The molecule has 1 N–H and O–H groups in total. The fourth-order valence-corrected chi connectivity index (χ4v) is 3.52. The lowest BCUT2D eigenvalue weighted by atomic mass is 9.80. The monoisotopic (exact) mass is 239 g/mol. The molecule has 1 aliphatic carbocycles. The molecule has 1 amide bonds. The van der Waals surface area contributed by atoms with Gasteiger partial charge >= 0.3 is 5.97 Å². The lowest BCUT2D eigenvalue weighted by Crippen LogP contribution is -2.53. The predicted molar refractivity (Wildman–Crippen MR) is 63.5 cm³/mol. The quantitative estimate of drug-likeness (QED) is 0.818. The van der Waals surface area contributed by atoms with Crippen LogP contribution in [0.1, 0.15) is 45.4 Å². The molecule has 0 bridgehead atoms. The lowest BCUT2D eigenvalue weighted by Gasteiger charge is -2.42. The van der Waals surface area contributed by atoms with Gasteiger partial charge in [0.05, 0.1) is 5.92 Å². The molecule has 0 aromatic heterocycles. The van der Waals surface area contributed by atoms with Crippen molar-refractivity contribution in [2.75, 3.05) is 6.54 Å². The van der Waals surface area contributed by atoms with E-state index in [0.29, 0.717) is 25.3 Å². The summed E-state index contributed by atoms with van der Waals surface area (Å²) in [6, 6.07) is -0.0544. The van der Waals surface area contributed by atoms with Gasteiger partial charge in [0.2, 0.25) is 5.91 Å². The molecule has 96 valence electrons. The van der Waals surface area contributed by atoms with Crippen molar-refractivity contribution in [1.29, 1.82) is 0 Å². The summed E-state index contributed by atoms with van der Waals surface area (Å²) in [5.74, 6) is -0.536. The van der Waals surface area contributed by atoms with Crippen LogP contribution in [0.25, 0.3) is 0 Å². The lowest BCUT2D eigenvalue weighted by molar-refractivity contribution is -0.153. The second-order valence-electron chi connectivity index (χ2n) is 5.20. The summed E-state index contributed by atoms with van der Waals surface area (Å²) in [6.07, 6.45) is 5.44. The Hall–Kier alpha value is -1.06. The molecule has 0 aromatic rings. The van der Waals surface area contributed by atoms with Crippen LogP contribution in [0.4, 0.5) is 0 Å². The molecule has 4 heteroatoms. The smallest absolute Gasteiger partial charge is 0.308 e. The molecule has 1 saturated carbocycles. The van der Waals surface area contributed by atoms with Crippen molar-refractivity contribution in [3.63, 3.8) is 0 Å². The molecule has 2 rings (SSSR count). The van der Waals surface area contributed by atoms with Gasteiger partial charge in [0.15, 0.2) is 0 Å². The fraction of sp³-hybridized carbons (Fsp3) is 0.846. The predicted octanol–water partition coefficient (Wildman–Crippen LogP) is 1.89. The minimum absolute atomic E-state index is 0.0544. The highest BCUT2D eigenvalue weighted by Gasteiger charge is 2.43. The Kier molecular flexibility index (Phi) is 3.69. The first-order chi connectivity index (χ1) is 8.15. The second kappa shape index (κ2) is 5.07.